The first-order valence-electron chi connectivity index (χ1n) is 13.2. The molecule has 2 heterocycles. The van der Waals surface area contributed by atoms with E-state index in [0.717, 1.165) is 5.56 Å². The van der Waals surface area contributed by atoms with Gasteiger partial charge in [0.1, 0.15) is 5.58 Å². The zero-order valence-electron chi connectivity index (χ0n) is 22.0. The lowest BCUT2D eigenvalue weighted by Crippen LogP contribution is -2.40. The summed E-state index contributed by atoms with van der Waals surface area (Å²) in [5.41, 5.74) is 1.70. The first kappa shape index (κ1) is 28.5. The number of hydrogen-bond donors (Lipinski definition) is 2. The quantitative estimate of drug-likeness (QED) is 0.300. The summed E-state index contributed by atoms with van der Waals surface area (Å²) in [6.07, 6.45) is 2.88. The molecule has 9 heteroatoms. The fraction of sp³-hybridized carbons (Fsp3) is 0.400. The number of fused-ring (bicyclic) bond motifs is 1. The highest BCUT2D eigenvalue weighted by Crippen LogP contribution is 2.38. The fourth-order valence-corrected chi connectivity index (χ4v) is 4.59. The van der Waals surface area contributed by atoms with E-state index in [4.69, 9.17) is 28.5 Å². The number of allylic oxidation sites excluding steroid dienone is 1. The van der Waals surface area contributed by atoms with E-state index in [1.54, 1.807) is 24.3 Å². The van der Waals surface area contributed by atoms with Crippen LogP contribution in [0.4, 0.5) is 0 Å². The number of carbonyl (C=O) groups is 1. The van der Waals surface area contributed by atoms with Gasteiger partial charge in [0.05, 0.1) is 38.1 Å². The number of aliphatic hydroxyl groups excluding tert-OH is 1. The molecule has 2 N–H and O–H groups in total. The molecule has 1 aromatic heterocycles. The van der Waals surface area contributed by atoms with E-state index in [1.165, 1.54) is 6.26 Å². The molecular weight excluding hydrogens is 502 g/mol. The Hall–Kier alpha value is -3.50. The lowest BCUT2D eigenvalue weighted by atomic mass is 9.81. The number of para-hydroxylation sites is 1. The van der Waals surface area contributed by atoms with E-state index in [9.17, 15) is 9.59 Å². The summed E-state index contributed by atoms with van der Waals surface area (Å²) < 4.78 is 28.8. The molecule has 3 atom stereocenters. The molecule has 1 amide bonds. The molecule has 208 valence electrons. The van der Waals surface area contributed by atoms with E-state index >= 15 is 0 Å². The number of benzene rings is 2. The van der Waals surface area contributed by atoms with Gasteiger partial charge >= 0.3 is 0 Å². The summed E-state index contributed by atoms with van der Waals surface area (Å²) >= 11 is 0. The van der Waals surface area contributed by atoms with Gasteiger partial charge in [-0.25, -0.2) is 0 Å². The van der Waals surface area contributed by atoms with E-state index in [2.05, 4.69) is 5.32 Å². The number of hydrogen-bond acceptors (Lipinski definition) is 8. The molecule has 1 aliphatic rings. The number of aliphatic hydroxyl groups is 1. The molecule has 0 saturated carbocycles. The molecule has 39 heavy (non-hydrogen) atoms. The topological polar surface area (TPSA) is 116 Å². The monoisotopic (exact) mass is 537 g/mol. The third kappa shape index (κ3) is 7.54. The van der Waals surface area contributed by atoms with Crippen LogP contribution in [0.5, 0.6) is 0 Å². The zero-order valence-corrected chi connectivity index (χ0v) is 22.0. The van der Waals surface area contributed by atoms with Gasteiger partial charge < -0.3 is 33.8 Å². The normalized spacial score (nSPS) is 18.9. The van der Waals surface area contributed by atoms with Crippen molar-refractivity contribution in [2.45, 2.75) is 32.1 Å². The maximum absolute atomic E-state index is 13.6. The van der Waals surface area contributed by atoms with Crippen molar-refractivity contribution in [3.8, 4) is 0 Å². The second kappa shape index (κ2) is 14.6. The molecule has 3 aromatic rings. The van der Waals surface area contributed by atoms with Gasteiger partial charge in [0.15, 0.2) is 11.2 Å². The smallest absolute Gasteiger partial charge is 0.286 e. The largest absolute Gasteiger partial charge is 0.464 e. The van der Waals surface area contributed by atoms with Gasteiger partial charge in [0.25, 0.3) is 5.91 Å². The van der Waals surface area contributed by atoms with Crippen molar-refractivity contribution in [3.05, 3.63) is 94.0 Å². The third-order valence-corrected chi connectivity index (χ3v) is 6.50. The summed E-state index contributed by atoms with van der Waals surface area (Å²) in [6, 6.07) is 16.6. The van der Waals surface area contributed by atoms with Crippen molar-refractivity contribution in [2.24, 2.45) is 5.92 Å². The molecule has 4 rings (SSSR count). The number of ether oxygens (including phenoxy) is 4. The summed E-state index contributed by atoms with van der Waals surface area (Å²) in [6.45, 7) is 3.83. The molecule has 0 unspecified atom stereocenters. The molecule has 0 bridgehead atoms. The van der Waals surface area contributed by atoms with Crippen LogP contribution in [-0.4, -0.2) is 56.9 Å². The summed E-state index contributed by atoms with van der Waals surface area (Å²) in [4.78, 5) is 26.7. The van der Waals surface area contributed by atoms with Crippen LogP contribution in [0.15, 0.2) is 81.9 Å². The number of rotatable bonds is 14. The van der Waals surface area contributed by atoms with Crippen LogP contribution in [0, 0.1) is 5.92 Å². The van der Waals surface area contributed by atoms with Crippen molar-refractivity contribution >= 4 is 16.9 Å². The Bertz CT molecular complexity index is 1290. The van der Waals surface area contributed by atoms with Gasteiger partial charge in [-0.15, -0.1) is 0 Å². The van der Waals surface area contributed by atoms with Gasteiger partial charge in [-0.05, 0) is 37.1 Å². The standard InChI is InChI=1S/C30H35NO8/c1-2-37-30-22(12-14-35-16-17-36-15-13-32)24(25-20-38-26-11-7-6-10-23(26)28(25)33)18-27(39-30)29(34)31-19-21-8-4-3-5-9-21/h3-11,18,20,22,24,30,32H,2,12-17,19H2,1H3,(H,31,34)/t22-,24+,30-/m1/s1. The average molecular weight is 538 g/mol. The van der Waals surface area contributed by atoms with Crippen molar-refractivity contribution in [3.63, 3.8) is 0 Å². The number of carbonyl (C=O) groups excluding carboxylic acids is 1. The van der Waals surface area contributed by atoms with Gasteiger partial charge in [0.2, 0.25) is 6.29 Å². The molecule has 9 nitrogen and oxygen atoms in total. The van der Waals surface area contributed by atoms with Gasteiger partial charge in [-0.2, -0.15) is 0 Å². The average Bonchev–Trinajstić information content (AvgIpc) is 2.97. The highest BCUT2D eigenvalue weighted by molar-refractivity contribution is 5.91. The lowest BCUT2D eigenvalue weighted by Gasteiger charge is -2.36. The molecule has 0 aliphatic carbocycles. The van der Waals surface area contributed by atoms with Gasteiger partial charge in [-0.3, -0.25) is 9.59 Å². The minimum absolute atomic E-state index is 0.0426. The van der Waals surface area contributed by atoms with Crippen LogP contribution in [0.25, 0.3) is 11.0 Å². The van der Waals surface area contributed by atoms with Crippen molar-refractivity contribution in [1.29, 1.82) is 0 Å². The molecular formula is C30H35NO8. The second-order valence-electron chi connectivity index (χ2n) is 9.08. The fourth-order valence-electron chi connectivity index (χ4n) is 4.59. The van der Waals surface area contributed by atoms with E-state index in [-0.39, 0.29) is 30.3 Å². The molecule has 0 spiro atoms. The van der Waals surface area contributed by atoms with Crippen LogP contribution in [0.3, 0.4) is 0 Å². The Balaban J connectivity index is 1.60. The van der Waals surface area contributed by atoms with Crippen molar-refractivity contribution < 1.29 is 33.3 Å². The van der Waals surface area contributed by atoms with Gasteiger partial charge in [0, 0.05) is 37.2 Å². The predicted octanol–water partition coefficient (Wildman–Crippen LogP) is 3.50. The lowest BCUT2D eigenvalue weighted by molar-refractivity contribution is -0.168. The van der Waals surface area contributed by atoms with E-state index < -0.39 is 18.1 Å². The molecule has 0 saturated heterocycles. The second-order valence-corrected chi connectivity index (χ2v) is 9.08. The molecule has 0 radical (unpaired) electrons. The van der Waals surface area contributed by atoms with E-state index in [0.29, 0.717) is 55.9 Å². The Kier molecular flexibility index (Phi) is 10.7. The Morgan fingerprint density at radius 3 is 2.51 bits per heavy atom. The van der Waals surface area contributed by atoms with Crippen LogP contribution in [0.2, 0.25) is 0 Å². The highest BCUT2D eigenvalue weighted by atomic mass is 16.7. The van der Waals surface area contributed by atoms with Crippen LogP contribution in [0.1, 0.15) is 30.4 Å². The van der Waals surface area contributed by atoms with Crippen LogP contribution >= 0.6 is 0 Å². The number of amides is 1. The SMILES string of the molecule is CCO[C@@H]1OC(C(=O)NCc2ccccc2)=C[C@H](c2coc3ccccc3c2=O)[C@H]1CCOCCOCCO. The molecule has 2 aromatic carbocycles. The predicted molar refractivity (Wildman–Crippen MR) is 145 cm³/mol. The van der Waals surface area contributed by atoms with Crippen molar-refractivity contribution in [1.82, 2.24) is 5.32 Å². The van der Waals surface area contributed by atoms with Gasteiger partial charge in [-0.1, -0.05) is 42.5 Å². The Morgan fingerprint density at radius 2 is 1.74 bits per heavy atom. The molecule has 1 aliphatic heterocycles. The number of nitrogens with one attached hydrogen (secondary N) is 1. The minimum atomic E-state index is -0.775. The maximum atomic E-state index is 13.6. The summed E-state index contributed by atoms with van der Waals surface area (Å²) in [5.74, 6) is -1.13. The Morgan fingerprint density at radius 1 is 1.00 bits per heavy atom. The first-order valence-corrected chi connectivity index (χ1v) is 13.2. The zero-order chi connectivity index (χ0) is 27.5. The highest BCUT2D eigenvalue weighted by Gasteiger charge is 2.39. The van der Waals surface area contributed by atoms with Crippen LogP contribution < -0.4 is 10.7 Å². The summed E-state index contributed by atoms with van der Waals surface area (Å²) in [7, 11) is 0. The van der Waals surface area contributed by atoms with Crippen molar-refractivity contribution in [2.75, 3.05) is 39.6 Å². The first-order chi connectivity index (χ1) is 19.1. The van der Waals surface area contributed by atoms with E-state index in [1.807, 2.05) is 43.3 Å². The maximum Gasteiger partial charge on any atom is 0.286 e. The summed E-state index contributed by atoms with van der Waals surface area (Å²) in [5, 5.41) is 12.2. The van der Waals surface area contributed by atoms with Crippen LogP contribution in [-0.2, 0) is 30.3 Å². The third-order valence-electron chi connectivity index (χ3n) is 6.50. The minimum Gasteiger partial charge on any atom is -0.464 e. The Labute approximate surface area is 227 Å². The molecule has 0 fully saturated rings.